The van der Waals surface area contributed by atoms with Gasteiger partial charge in [-0.1, -0.05) is 6.07 Å². The zero-order valence-corrected chi connectivity index (χ0v) is 22.0. The second-order valence-electron chi connectivity index (χ2n) is 9.27. The Kier molecular flexibility index (Phi) is 8.03. The van der Waals surface area contributed by atoms with Crippen LogP contribution in [0.1, 0.15) is 29.3 Å². The predicted octanol–water partition coefficient (Wildman–Crippen LogP) is 4.09. The summed E-state index contributed by atoms with van der Waals surface area (Å²) in [5.41, 5.74) is 5.95. The Bertz CT molecular complexity index is 1480. The number of halogens is 2. The molecule has 1 aliphatic heterocycles. The number of nitrogen functional groups attached to an aromatic ring is 1. The van der Waals surface area contributed by atoms with Crippen molar-refractivity contribution in [2.75, 3.05) is 27.2 Å². The van der Waals surface area contributed by atoms with Crippen molar-refractivity contribution < 1.29 is 32.9 Å². The van der Waals surface area contributed by atoms with Gasteiger partial charge in [-0.05, 0) is 43.3 Å². The highest BCUT2D eigenvalue weighted by Crippen LogP contribution is 2.40. The van der Waals surface area contributed by atoms with Crippen LogP contribution in [0.4, 0.5) is 8.78 Å². The first kappa shape index (κ1) is 28.1. The van der Waals surface area contributed by atoms with Crippen molar-refractivity contribution in [2.45, 2.75) is 19.4 Å². The van der Waals surface area contributed by atoms with Crippen molar-refractivity contribution in [3.05, 3.63) is 65.2 Å². The third kappa shape index (κ3) is 6.03. The SMILES string of the molecule is CC(=N)N1CCC(Oc2c(F)c(Oc3cccc(C(=O)N(C)C)c3)nc(Oc3cc(C(=N)N)ccc3O)c2F)C1. The molecule has 1 saturated heterocycles. The lowest BCUT2D eigenvalue weighted by Gasteiger charge is -2.19. The normalized spacial score (nSPS) is 14.5. The number of aromatic nitrogens is 1. The first-order chi connectivity index (χ1) is 18.9. The molecule has 1 aliphatic rings. The number of carbonyl (C=O) groups excluding carboxylic acids is 1. The fourth-order valence-electron chi connectivity index (χ4n) is 3.95. The lowest BCUT2D eigenvalue weighted by molar-refractivity contribution is 0.0827. The van der Waals surface area contributed by atoms with Crippen LogP contribution in [0, 0.1) is 22.5 Å². The number of hydrogen-bond acceptors (Lipinski definition) is 8. The molecule has 5 N–H and O–H groups in total. The Balaban J connectivity index is 1.75. The summed E-state index contributed by atoms with van der Waals surface area (Å²) in [4.78, 5) is 19.3. The minimum Gasteiger partial charge on any atom is -0.504 e. The van der Waals surface area contributed by atoms with E-state index < -0.39 is 41.0 Å². The molecule has 3 aromatic rings. The monoisotopic (exact) mass is 554 g/mol. The van der Waals surface area contributed by atoms with Crippen molar-refractivity contribution in [3.8, 4) is 34.8 Å². The fraction of sp³-hybridized carbons (Fsp3) is 0.259. The van der Waals surface area contributed by atoms with Gasteiger partial charge in [0.05, 0.1) is 12.4 Å². The molecular formula is C27H28F2N6O5. The first-order valence-electron chi connectivity index (χ1n) is 12.1. The molecule has 1 aromatic heterocycles. The molecule has 0 spiro atoms. The predicted molar refractivity (Wildman–Crippen MR) is 142 cm³/mol. The number of nitrogens with one attached hydrogen (secondary N) is 2. The number of amides is 1. The third-order valence-electron chi connectivity index (χ3n) is 6.06. The maximum absolute atomic E-state index is 15.7. The van der Waals surface area contributed by atoms with Gasteiger partial charge in [-0.2, -0.15) is 13.8 Å². The zero-order chi connectivity index (χ0) is 29.1. The van der Waals surface area contributed by atoms with Gasteiger partial charge in [0.2, 0.25) is 17.4 Å². The van der Waals surface area contributed by atoms with Crippen LogP contribution in [-0.2, 0) is 0 Å². The van der Waals surface area contributed by atoms with Gasteiger partial charge in [0.1, 0.15) is 17.7 Å². The molecule has 1 fully saturated rings. The molecule has 11 nitrogen and oxygen atoms in total. The number of amidine groups is 2. The molecular weight excluding hydrogens is 526 g/mol. The molecule has 0 bridgehead atoms. The van der Waals surface area contributed by atoms with E-state index in [1.165, 1.54) is 41.3 Å². The van der Waals surface area contributed by atoms with Crippen LogP contribution in [-0.4, -0.2) is 70.8 Å². The molecule has 40 heavy (non-hydrogen) atoms. The quantitative estimate of drug-likeness (QED) is 0.240. The first-order valence-corrected chi connectivity index (χ1v) is 12.1. The molecule has 0 radical (unpaired) electrons. The van der Waals surface area contributed by atoms with Crippen LogP contribution < -0.4 is 19.9 Å². The van der Waals surface area contributed by atoms with Crippen LogP contribution in [0.2, 0.25) is 0 Å². The van der Waals surface area contributed by atoms with Gasteiger partial charge < -0.3 is 34.9 Å². The van der Waals surface area contributed by atoms with Crippen LogP contribution in [0.15, 0.2) is 42.5 Å². The van der Waals surface area contributed by atoms with Crippen molar-refractivity contribution in [2.24, 2.45) is 5.73 Å². The summed E-state index contributed by atoms with van der Waals surface area (Å²) in [6.45, 7) is 2.31. The number of hydrogen-bond donors (Lipinski definition) is 4. The number of likely N-dealkylation sites (tertiary alicyclic amines) is 1. The molecule has 13 heteroatoms. The van der Waals surface area contributed by atoms with Gasteiger partial charge in [-0.3, -0.25) is 15.6 Å². The van der Waals surface area contributed by atoms with Crippen molar-refractivity contribution in [3.63, 3.8) is 0 Å². The molecule has 2 aromatic carbocycles. The van der Waals surface area contributed by atoms with E-state index in [4.69, 9.17) is 30.8 Å². The highest BCUT2D eigenvalue weighted by atomic mass is 19.1. The number of pyridine rings is 1. The lowest BCUT2D eigenvalue weighted by atomic mass is 10.2. The van der Waals surface area contributed by atoms with Gasteiger partial charge in [0.15, 0.2) is 11.5 Å². The van der Waals surface area contributed by atoms with E-state index >= 15 is 8.78 Å². The Labute approximate surface area is 228 Å². The molecule has 1 atom stereocenters. The third-order valence-corrected chi connectivity index (χ3v) is 6.06. The van der Waals surface area contributed by atoms with Gasteiger partial charge >= 0.3 is 0 Å². The number of nitrogens with two attached hydrogens (primary N) is 1. The van der Waals surface area contributed by atoms with Gasteiger partial charge in [0, 0.05) is 38.2 Å². The number of phenolic OH excluding ortho intramolecular Hbond substituents is 1. The van der Waals surface area contributed by atoms with E-state index in [1.807, 2.05) is 0 Å². The minimum atomic E-state index is -1.29. The van der Waals surface area contributed by atoms with Crippen LogP contribution >= 0.6 is 0 Å². The topological polar surface area (TPSA) is 158 Å². The van der Waals surface area contributed by atoms with Crippen LogP contribution in [0.3, 0.4) is 0 Å². The zero-order valence-electron chi connectivity index (χ0n) is 22.0. The summed E-state index contributed by atoms with van der Waals surface area (Å²) in [5.74, 6) is -5.88. The Morgan fingerprint density at radius 3 is 2.42 bits per heavy atom. The Morgan fingerprint density at radius 2 is 1.80 bits per heavy atom. The second kappa shape index (κ2) is 11.4. The van der Waals surface area contributed by atoms with E-state index in [1.54, 1.807) is 32.0 Å². The molecule has 4 rings (SSSR count). The molecule has 1 unspecified atom stereocenters. The number of phenols is 1. The Morgan fingerprint density at radius 1 is 1.10 bits per heavy atom. The lowest BCUT2D eigenvalue weighted by Crippen LogP contribution is -2.28. The minimum absolute atomic E-state index is 0.0375. The van der Waals surface area contributed by atoms with Crippen LogP contribution in [0.25, 0.3) is 0 Å². The summed E-state index contributed by atoms with van der Waals surface area (Å²) >= 11 is 0. The highest BCUT2D eigenvalue weighted by molar-refractivity contribution is 5.95. The summed E-state index contributed by atoms with van der Waals surface area (Å²) in [5, 5.41) is 25.7. The van der Waals surface area contributed by atoms with Gasteiger partial charge in [-0.15, -0.1) is 0 Å². The number of aromatic hydroxyl groups is 1. The number of nitrogens with zero attached hydrogens (tertiary/aromatic N) is 3. The molecule has 210 valence electrons. The second-order valence-corrected chi connectivity index (χ2v) is 9.27. The van der Waals surface area contributed by atoms with Gasteiger partial charge in [-0.25, -0.2) is 0 Å². The standard InChI is InChI=1S/C27H28F2N6O5/c1-14(30)35-10-9-18(13-35)38-23-21(28)25(39-17-6-4-5-16(11-17)27(37)34(2)3)33-26(22(23)29)40-20-12-15(24(31)32)7-8-19(20)36/h4-8,11-12,18,30,36H,9-10,13H2,1-3H3,(H3,31,32). The average Bonchev–Trinajstić information content (AvgIpc) is 3.39. The average molecular weight is 555 g/mol. The summed E-state index contributed by atoms with van der Waals surface area (Å²) < 4.78 is 48.1. The smallest absolute Gasteiger partial charge is 0.263 e. The maximum atomic E-state index is 15.7. The number of carbonyl (C=O) groups is 1. The highest BCUT2D eigenvalue weighted by Gasteiger charge is 2.31. The fourth-order valence-corrected chi connectivity index (χ4v) is 3.95. The van der Waals surface area contributed by atoms with E-state index in [2.05, 4.69) is 4.98 Å². The summed E-state index contributed by atoms with van der Waals surface area (Å²) in [7, 11) is 3.15. The number of rotatable bonds is 8. The van der Waals surface area contributed by atoms with Crippen molar-refractivity contribution in [1.82, 2.24) is 14.8 Å². The molecule has 1 amide bonds. The van der Waals surface area contributed by atoms with Crippen LogP contribution in [0.5, 0.6) is 34.8 Å². The number of benzene rings is 2. The van der Waals surface area contributed by atoms with Gasteiger partial charge in [0.25, 0.3) is 17.7 Å². The molecule has 0 aliphatic carbocycles. The largest absolute Gasteiger partial charge is 0.504 e. The molecule has 2 heterocycles. The van der Waals surface area contributed by atoms with Crippen molar-refractivity contribution in [1.29, 1.82) is 10.8 Å². The number of ether oxygens (including phenoxy) is 3. The van der Waals surface area contributed by atoms with E-state index in [0.29, 0.717) is 18.8 Å². The molecule has 0 saturated carbocycles. The maximum Gasteiger partial charge on any atom is 0.263 e. The van der Waals surface area contributed by atoms with E-state index in [0.717, 1.165) is 0 Å². The Hall–Kier alpha value is -4.94. The van der Waals surface area contributed by atoms with Crippen molar-refractivity contribution >= 4 is 17.6 Å². The van der Waals surface area contributed by atoms with E-state index in [-0.39, 0.29) is 40.9 Å². The van der Waals surface area contributed by atoms with E-state index in [9.17, 15) is 9.90 Å². The summed E-state index contributed by atoms with van der Waals surface area (Å²) in [6.07, 6.45) is -0.247. The summed E-state index contributed by atoms with van der Waals surface area (Å²) in [6, 6.07) is 9.67.